The summed E-state index contributed by atoms with van der Waals surface area (Å²) in [7, 11) is 0. The molecule has 0 bridgehead atoms. The molecule has 0 aliphatic carbocycles. The highest BCUT2D eigenvalue weighted by molar-refractivity contribution is 8.00. The molecule has 14 heavy (non-hydrogen) atoms. The van der Waals surface area contributed by atoms with Crippen LogP contribution in [-0.4, -0.2) is 5.25 Å². The Kier molecular flexibility index (Phi) is 3.90. The lowest BCUT2D eigenvalue weighted by Gasteiger charge is -2.06. The number of nitriles is 1. The zero-order valence-electron chi connectivity index (χ0n) is 7.63. The van der Waals surface area contributed by atoms with E-state index in [2.05, 4.69) is 0 Å². The van der Waals surface area contributed by atoms with E-state index < -0.39 is 11.6 Å². The van der Waals surface area contributed by atoms with Crippen LogP contribution in [0.25, 0.3) is 0 Å². The Hall–Kier alpha value is -1.08. The fourth-order valence-corrected chi connectivity index (χ4v) is 1.77. The van der Waals surface area contributed by atoms with Crippen molar-refractivity contribution in [2.75, 3.05) is 0 Å². The van der Waals surface area contributed by atoms with Crippen molar-refractivity contribution in [3.63, 3.8) is 0 Å². The van der Waals surface area contributed by atoms with Crippen molar-refractivity contribution in [3.05, 3.63) is 29.8 Å². The maximum absolute atomic E-state index is 13.1. The number of hydrogen-bond acceptors (Lipinski definition) is 2. The lowest BCUT2D eigenvalue weighted by atomic mass is 10.3. The number of halogens is 2. The predicted molar refractivity (Wildman–Crippen MR) is 51.9 cm³/mol. The molecule has 1 nitrogen and oxygen atoms in total. The largest absolute Gasteiger partial charge is 0.207 e. The lowest BCUT2D eigenvalue weighted by Crippen LogP contribution is -1.96. The van der Waals surface area contributed by atoms with Gasteiger partial charge >= 0.3 is 0 Å². The normalized spacial score (nSPS) is 12.1. The molecule has 1 aromatic carbocycles. The van der Waals surface area contributed by atoms with Gasteiger partial charge in [0.05, 0.1) is 11.3 Å². The van der Waals surface area contributed by atoms with Gasteiger partial charge in [0, 0.05) is 11.0 Å². The Labute approximate surface area is 85.7 Å². The van der Waals surface area contributed by atoms with E-state index in [0.717, 1.165) is 17.8 Å². The van der Waals surface area contributed by atoms with E-state index in [-0.39, 0.29) is 5.25 Å². The fourth-order valence-electron chi connectivity index (χ4n) is 0.925. The maximum atomic E-state index is 13.1. The van der Waals surface area contributed by atoms with Crippen LogP contribution in [-0.2, 0) is 0 Å². The zero-order valence-corrected chi connectivity index (χ0v) is 8.44. The third kappa shape index (κ3) is 2.71. The van der Waals surface area contributed by atoms with E-state index in [1.165, 1.54) is 12.1 Å². The third-order valence-corrected chi connectivity index (χ3v) is 2.99. The first-order valence-corrected chi connectivity index (χ1v) is 5.06. The molecular formula is C10H9F2NS. The molecule has 0 saturated heterocycles. The van der Waals surface area contributed by atoms with Crippen molar-refractivity contribution in [3.8, 4) is 6.07 Å². The molecule has 0 N–H and O–H groups in total. The summed E-state index contributed by atoms with van der Waals surface area (Å²) in [4.78, 5) is 0.319. The Bertz CT molecular complexity index is 360. The molecule has 1 unspecified atom stereocenters. The van der Waals surface area contributed by atoms with Gasteiger partial charge in [-0.1, -0.05) is 6.92 Å². The Morgan fingerprint density at radius 3 is 2.71 bits per heavy atom. The molecule has 0 aromatic heterocycles. The van der Waals surface area contributed by atoms with Crippen LogP contribution in [0.2, 0.25) is 0 Å². The van der Waals surface area contributed by atoms with E-state index in [0.29, 0.717) is 11.3 Å². The highest BCUT2D eigenvalue weighted by Gasteiger charge is 2.10. The smallest absolute Gasteiger partial charge is 0.139 e. The predicted octanol–water partition coefficient (Wildman–Crippen LogP) is 3.36. The summed E-state index contributed by atoms with van der Waals surface area (Å²) >= 11 is 1.12. The highest BCUT2D eigenvalue weighted by atomic mass is 32.2. The van der Waals surface area contributed by atoms with Gasteiger partial charge in [0.1, 0.15) is 11.6 Å². The van der Waals surface area contributed by atoms with E-state index in [4.69, 9.17) is 5.26 Å². The maximum Gasteiger partial charge on any atom is 0.139 e. The van der Waals surface area contributed by atoms with Crippen molar-refractivity contribution in [1.29, 1.82) is 5.26 Å². The van der Waals surface area contributed by atoms with Gasteiger partial charge in [0.2, 0.25) is 0 Å². The van der Waals surface area contributed by atoms with Crippen LogP contribution in [0.15, 0.2) is 23.1 Å². The summed E-state index contributed by atoms with van der Waals surface area (Å²) in [5, 5.41) is 8.38. The van der Waals surface area contributed by atoms with Crippen LogP contribution in [0.5, 0.6) is 0 Å². The van der Waals surface area contributed by atoms with Gasteiger partial charge in [-0.3, -0.25) is 0 Å². The Morgan fingerprint density at radius 2 is 2.21 bits per heavy atom. The fraction of sp³-hybridized carbons (Fsp3) is 0.300. The minimum atomic E-state index is -0.608. The summed E-state index contributed by atoms with van der Waals surface area (Å²) in [5.74, 6) is -1.21. The summed E-state index contributed by atoms with van der Waals surface area (Å²) < 4.78 is 25.6. The molecule has 0 heterocycles. The minimum Gasteiger partial charge on any atom is -0.207 e. The first kappa shape index (κ1) is 11.0. The Morgan fingerprint density at radius 1 is 1.50 bits per heavy atom. The second-order valence-corrected chi connectivity index (χ2v) is 3.96. The molecule has 0 saturated carbocycles. The van der Waals surface area contributed by atoms with Crippen LogP contribution in [0.4, 0.5) is 8.78 Å². The quantitative estimate of drug-likeness (QED) is 0.719. The summed E-state index contributed by atoms with van der Waals surface area (Å²) in [6.07, 6.45) is 0.637. The van der Waals surface area contributed by atoms with Gasteiger partial charge in [-0.25, -0.2) is 8.78 Å². The molecule has 0 radical (unpaired) electrons. The highest BCUT2D eigenvalue weighted by Crippen LogP contribution is 2.27. The van der Waals surface area contributed by atoms with Gasteiger partial charge in [-0.05, 0) is 18.6 Å². The van der Waals surface area contributed by atoms with Gasteiger partial charge in [-0.2, -0.15) is 5.26 Å². The van der Waals surface area contributed by atoms with Gasteiger partial charge in [-0.15, -0.1) is 11.8 Å². The molecule has 4 heteroatoms. The molecule has 1 rings (SSSR count). The molecular weight excluding hydrogens is 204 g/mol. The van der Waals surface area contributed by atoms with Gasteiger partial charge < -0.3 is 0 Å². The zero-order chi connectivity index (χ0) is 10.6. The molecule has 0 aliphatic rings. The van der Waals surface area contributed by atoms with Crippen molar-refractivity contribution in [2.24, 2.45) is 0 Å². The molecule has 0 fully saturated rings. The summed E-state index contributed by atoms with van der Waals surface area (Å²) in [6, 6.07) is 5.42. The van der Waals surface area contributed by atoms with E-state index in [1.54, 1.807) is 0 Å². The first-order chi connectivity index (χ1) is 6.67. The number of benzene rings is 1. The standard InChI is InChI=1S/C10H9F2NS/c1-2-8(6-13)14-10-4-3-7(11)5-9(10)12/h3-5,8H,2H2,1H3. The number of hydrogen-bond donors (Lipinski definition) is 0. The summed E-state index contributed by atoms with van der Waals surface area (Å²) in [6.45, 7) is 1.85. The van der Waals surface area contributed by atoms with Crippen LogP contribution in [0, 0.1) is 23.0 Å². The second kappa shape index (κ2) is 4.97. The van der Waals surface area contributed by atoms with Crippen LogP contribution >= 0.6 is 11.8 Å². The SMILES string of the molecule is CCC(C#N)Sc1ccc(F)cc1F. The van der Waals surface area contributed by atoms with E-state index >= 15 is 0 Å². The van der Waals surface area contributed by atoms with E-state index in [1.807, 2.05) is 13.0 Å². The average molecular weight is 213 g/mol. The molecule has 74 valence electrons. The van der Waals surface area contributed by atoms with Crippen LogP contribution in [0.1, 0.15) is 13.3 Å². The van der Waals surface area contributed by atoms with Crippen molar-refractivity contribution in [2.45, 2.75) is 23.5 Å². The molecule has 0 spiro atoms. The second-order valence-electron chi connectivity index (χ2n) is 2.72. The monoisotopic (exact) mass is 213 g/mol. The van der Waals surface area contributed by atoms with Gasteiger partial charge in [0.25, 0.3) is 0 Å². The molecule has 1 atom stereocenters. The topological polar surface area (TPSA) is 23.8 Å². The van der Waals surface area contributed by atoms with Crippen LogP contribution < -0.4 is 0 Å². The summed E-state index contributed by atoms with van der Waals surface area (Å²) in [5.41, 5.74) is 0. The molecule has 1 aromatic rings. The molecule has 0 amide bonds. The van der Waals surface area contributed by atoms with E-state index in [9.17, 15) is 8.78 Å². The van der Waals surface area contributed by atoms with Gasteiger partial charge in [0.15, 0.2) is 0 Å². The number of thioether (sulfide) groups is 1. The Balaban J connectivity index is 2.82. The molecule has 0 aliphatic heterocycles. The van der Waals surface area contributed by atoms with Crippen molar-refractivity contribution < 1.29 is 8.78 Å². The minimum absolute atomic E-state index is 0.282. The number of nitrogens with zero attached hydrogens (tertiary/aromatic N) is 1. The average Bonchev–Trinajstić information content (AvgIpc) is 2.17. The number of rotatable bonds is 3. The van der Waals surface area contributed by atoms with Crippen molar-refractivity contribution in [1.82, 2.24) is 0 Å². The first-order valence-electron chi connectivity index (χ1n) is 4.18. The third-order valence-electron chi connectivity index (χ3n) is 1.68. The van der Waals surface area contributed by atoms with Crippen molar-refractivity contribution >= 4 is 11.8 Å². The van der Waals surface area contributed by atoms with Crippen LogP contribution in [0.3, 0.4) is 0 Å². The lowest BCUT2D eigenvalue weighted by molar-refractivity contribution is 0.565.